The normalized spacial score (nSPS) is 17.5. The lowest BCUT2D eigenvalue weighted by molar-refractivity contribution is -0.132. The first-order valence-electron chi connectivity index (χ1n) is 7.92. The number of halogens is 1. The fourth-order valence-electron chi connectivity index (χ4n) is 2.78. The SMILES string of the molecule is O=C(COc1ccccc1)N1CCC(S(=O)(=O)c2ccc(Cl)cc2)C1. The van der Waals surface area contributed by atoms with E-state index in [-0.39, 0.29) is 24.0 Å². The van der Waals surface area contributed by atoms with Gasteiger partial charge in [-0.05, 0) is 42.8 Å². The lowest BCUT2D eigenvalue weighted by Crippen LogP contribution is -2.35. The second kappa shape index (κ2) is 7.45. The van der Waals surface area contributed by atoms with Crippen LogP contribution in [0.5, 0.6) is 5.75 Å². The Morgan fingerprint density at radius 1 is 1.12 bits per heavy atom. The van der Waals surface area contributed by atoms with Gasteiger partial charge in [0.05, 0.1) is 10.1 Å². The maximum Gasteiger partial charge on any atom is 0.260 e. The molecule has 0 N–H and O–H groups in total. The topological polar surface area (TPSA) is 63.7 Å². The minimum absolute atomic E-state index is 0.0995. The molecule has 1 unspecified atom stereocenters. The van der Waals surface area contributed by atoms with Crippen molar-refractivity contribution in [2.45, 2.75) is 16.6 Å². The molecule has 1 atom stereocenters. The van der Waals surface area contributed by atoms with Crippen LogP contribution >= 0.6 is 11.6 Å². The number of carbonyl (C=O) groups excluding carboxylic acids is 1. The van der Waals surface area contributed by atoms with Crippen LogP contribution in [0.4, 0.5) is 0 Å². The van der Waals surface area contributed by atoms with E-state index in [2.05, 4.69) is 0 Å². The standard InChI is InChI=1S/C18H18ClNO4S/c19-14-6-8-16(9-7-14)25(22,23)17-10-11-20(12-17)18(21)13-24-15-4-2-1-3-5-15/h1-9,17H,10-13H2. The van der Waals surface area contributed by atoms with Crippen LogP contribution in [0.2, 0.25) is 5.02 Å². The molecule has 0 bridgehead atoms. The van der Waals surface area contributed by atoms with E-state index in [0.29, 0.717) is 23.7 Å². The molecule has 0 spiro atoms. The first-order valence-corrected chi connectivity index (χ1v) is 9.84. The Kier molecular flexibility index (Phi) is 5.30. The number of para-hydroxylation sites is 1. The van der Waals surface area contributed by atoms with Crippen molar-refractivity contribution in [2.24, 2.45) is 0 Å². The molecule has 1 fully saturated rings. The van der Waals surface area contributed by atoms with Crippen LogP contribution in [-0.2, 0) is 14.6 Å². The van der Waals surface area contributed by atoms with Crippen molar-refractivity contribution in [3.8, 4) is 5.75 Å². The van der Waals surface area contributed by atoms with Crippen molar-refractivity contribution in [1.29, 1.82) is 0 Å². The van der Waals surface area contributed by atoms with Gasteiger partial charge in [-0.15, -0.1) is 0 Å². The minimum Gasteiger partial charge on any atom is -0.484 e. The van der Waals surface area contributed by atoms with E-state index in [0.717, 1.165) is 0 Å². The zero-order chi connectivity index (χ0) is 17.9. The van der Waals surface area contributed by atoms with E-state index in [4.69, 9.17) is 16.3 Å². The second-order valence-corrected chi connectivity index (χ2v) is 8.52. The summed E-state index contributed by atoms with van der Waals surface area (Å²) in [4.78, 5) is 14.0. The molecule has 5 nitrogen and oxygen atoms in total. The van der Waals surface area contributed by atoms with Crippen LogP contribution in [0.1, 0.15) is 6.42 Å². The largest absolute Gasteiger partial charge is 0.484 e. The average molecular weight is 380 g/mol. The first kappa shape index (κ1) is 17.8. The highest BCUT2D eigenvalue weighted by atomic mass is 35.5. The smallest absolute Gasteiger partial charge is 0.260 e. The molecule has 1 amide bonds. The van der Waals surface area contributed by atoms with E-state index < -0.39 is 15.1 Å². The monoisotopic (exact) mass is 379 g/mol. The number of likely N-dealkylation sites (tertiary alicyclic amines) is 1. The molecule has 0 aliphatic carbocycles. The number of rotatable bonds is 5. The predicted molar refractivity (Wildman–Crippen MR) is 95.6 cm³/mol. The van der Waals surface area contributed by atoms with Gasteiger partial charge in [0.2, 0.25) is 0 Å². The number of benzene rings is 2. The zero-order valence-electron chi connectivity index (χ0n) is 13.5. The predicted octanol–water partition coefficient (Wildman–Crippen LogP) is 2.79. The molecule has 0 saturated carbocycles. The Morgan fingerprint density at radius 3 is 2.48 bits per heavy atom. The minimum atomic E-state index is -3.48. The summed E-state index contributed by atoms with van der Waals surface area (Å²) in [5.74, 6) is 0.401. The Bertz CT molecular complexity index is 837. The third kappa shape index (κ3) is 4.14. The van der Waals surface area contributed by atoms with Crippen LogP contribution in [0.25, 0.3) is 0 Å². The molecule has 132 valence electrons. The number of hydrogen-bond acceptors (Lipinski definition) is 4. The van der Waals surface area contributed by atoms with Crippen LogP contribution in [-0.4, -0.2) is 44.2 Å². The fraction of sp³-hybridized carbons (Fsp3) is 0.278. The molecular formula is C18H18ClNO4S. The number of amides is 1. The number of hydrogen-bond donors (Lipinski definition) is 0. The van der Waals surface area contributed by atoms with Crippen LogP contribution in [0.3, 0.4) is 0 Å². The molecule has 1 saturated heterocycles. The summed E-state index contributed by atoms with van der Waals surface area (Å²) in [6.07, 6.45) is 0.419. The molecule has 2 aromatic carbocycles. The van der Waals surface area contributed by atoms with Gasteiger partial charge in [0.15, 0.2) is 16.4 Å². The summed E-state index contributed by atoms with van der Waals surface area (Å²) in [6, 6.07) is 15.2. The van der Waals surface area contributed by atoms with Gasteiger partial charge >= 0.3 is 0 Å². The molecule has 25 heavy (non-hydrogen) atoms. The van der Waals surface area contributed by atoms with Crippen LogP contribution in [0.15, 0.2) is 59.5 Å². The quantitative estimate of drug-likeness (QED) is 0.801. The Morgan fingerprint density at radius 2 is 1.80 bits per heavy atom. The zero-order valence-corrected chi connectivity index (χ0v) is 15.0. The van der Waals surface area contributed by atoms with Gasteiger partial charge in [-0.1, -0.05) is 29.8 Å². The van der Waals surface area contributed by atoms with Gasteiger partial charge in [-0.25, -0.2) is 8.42 Å². The molecule has 1 heterocycles. The van der Waals surface area contributed by atoms with Crippen molar-refractivity contribution in [1.82, 2.24) is 4.90 Å². The molecule has 7 heteroatoms. The molecule has 3 rings (SSSR count). The lowest BCUT2D eigenvalue weighted by Gasteiger charge is -2.17. The second-order valence-electron chi connectivity index (χ2n) is 5.85. The lowest BCUT2D eigenvalue weighted by atomic mass is 10.3. The Hall–Kier alpha value is -2.05. The van der Waals surface area contributed by atoms with Gasteiger partial charge in [0.25, 0.3) is 5.91 Å². The highest BCUT2D eigenvalue weighted by molar-refractivity contribution is 7.92. The molecule has 0 radical (unpaired) electrons. The molecule has 2 aromatic rings. The van der Waals surface area contributed by atoms with Crippen molar-refractivity contribution < 1.29 is 17.9 Å². The molecule has 1 aliphatic heterocycles. The fourth-order valence-corrected chi connectivity index (χ4v) is 4.60. The maximum atomic E-state index is 12.7. The van der Waals surface area contributed by atoms with Gasteiger partial charge < -0.3 is 9.64 Å². The van der Waals surface area contributed by atoms with Crippen LogP contribution in [0, 0.1) is 0 Å². The van der Waals surface area contributed by atoms with Gasteiger partial charge in [0.1, 0.15) is 5.75 Å². The first-order chi connectivity index (χ1) is 12.0. The third-order valence-electron chi connectivity index (χ3n) is 4.18. The Balaban J connectivity index is 1.61. The molecule has 1 aliphatic rings. The highest BCUT2D eigenvalue weighted by Gasteiger charge is 2.36. The van der Waals surface area contributed by atoms with Crippen molar-refractivity contribution in [3.63, 3.8) is 0 Å². The summed E-state index contributed by atoms with van der Waals surface area (Å²) in [7, 11) is -3.48. The van der Waals surface area contributed by atoms with E-state index in [1.807, 2.05) is 18.2 Å². The number of nitrogens with zero attached hydrogens (tertiary/aromatic N) is 1. The van der Waals surface area contributed by atoms with Gasteiger partial charge in [-0.2, -0.15) is 0 Å². The molecule has 0 aromatic heterocycles. The number of carbonyl (C=O) groups is 1. The summed E-state index contributed by atoms with van der Waals surface area (Å²) in [5, 5.41) is -0.116. The summed E-state index contributed by atoms with van der Waals surface area (Å²) in [5.41, 5.74) is 0. The van der Waals surface area contributed by atoms with E-state index in [9.17, 15) is 13.2 Å². The van der Waals surface area contributed by atoms with Crippen molar-refractivity contribution in [3.05, 3.63) is 59.6 Å². The maximum absolute atomic E-state index is 12.7. The molecular weight excluding hydrogens is 362 g/mol. The number of sulfone groups is 1. The van der Waals surface area contributed by atoms with Crippen molar-refractivity contribution >= 4 is 27.3 Å². The van der Waals surface area contributed by atoms with Crippen LogP contribution < -0.4 is 4.74 Å². The summed E-state index contributed by atoms with van der Waals surface area (Å²) >= 11 is 5.81. The summed E-state index contributed by atoms with van der Waals surface area (Å²) < 4.78 is 30.8. The van der Waals surface area contributed by atoms with E-state index in [1.165, 1.54) is 12.1 Å². The van der Waals surface area contributed by atoms with Gasteiger partial charge in [-0.3, -0.25) is 4.79 Å². The van der Waals surface area contributed by atoms with Gasteiger partial charge in [0, 0.05) is 18.1 Å². The highest BCUT2D eigenvalue weighted by Crippen LogP contribution is 2.25. The van der Waals surface area contributed by atoms with E-state index >= 15 is 0 Å². The number of ether oxygens (including phenoxy) is 1. The van der Waals surface area contributed by atoms with Crippen molar-refractivity contribution in [2.75, 3.05) is 19.7 Å². The van der Waals surface area contributed by atoms with E-state index in [1.54, 1.807) is 29.2 Å². The third-order valence-corrected chi connectivity index (χ3v) is 6.63. The summed E-state index contributed by atoms with van der Waals surface area (Å²) in [6.45, 7) is 0.494. The average Bonchev–Trinajstić information content (AvgIpc) is 3.12. The Labute approximate surface area is 152 Å².